The predicted octanol–water partition coefficient (Wildman–Crippen LogP) is 4.35. The highest BCUT2D eigenvalue weighted by Crippen LogP contribution is 2.25. The smallest absolute Gasteiger partial charge is 0.251 e. The molecule has 7 nitrogen and oxygen atoms in total. The molecule has 2 amide bonds. The van der Waals surface area contributed by atoms with Crippen LogP contribution in [-0.2, 0) is 17.8 Å². The Hall–Kier alpha value is -3.39. The molecule has 0 radical (unpaired) electrons. The molecule has 0 aliphatic rings. The lowest BCUT2D eigenvalue weighted by atomic mass is 10.0. The van der Waals surface area contributed by atoms with Crippen LogP contribution in [0.25, 0.3) is 0 Å². The zero-order valence-corrected chi connectivity index (χ0v) is 21.3. The van der Waals surface area contributed by atoms with E-state index in [-0.39, 0.29) is 29.5 Å². The molecule has 0 fully saturated rings. The highest BCUT2D eigenvalue weighted by molar-refractivity contribution is 7.99. The number of thioether (sulfide) groups is 1. The summed E-state index contributed by atoms with van der Waals surface area (Å²) in [7, 11) is 0. The van der Waals surface area contributed by atoms with Crippen molar-refractivity contribution in [2.24, 2.45) is 5.92 Å². The monoisotopic (exact) mass is 491 g/mol. The number of aryl methyl sites for hydroxylation is 1. The largest absolute Gasteiger partial charge is 0.355 e. The summed E-state index contributed by atoms with van der Waals surface area (Å²) in [5.41, 5.74) is 2.81. The molecule has 0 aliphatic heterocycles. The quantitative estimate of drug-likeness (QED) is 0.290. The molecule has 3 rings (SSSR count). The van der Waals surface area contributed by atoms with Crippen LogP contribution in [0.1, 0.15) is 47.2 Å². The van der Waals surface area contributed by atoms with E-state index in [1.54, 1.807) is 12.1 Å². The van der Waals surface area contributed by atoms with Crippen molar-refractivity contribution in [3.63, 3.8) is 0 Å². The average Bonchev–Trinajstić information content (AvgIpc) is 3.24. The van der Waals surface area contributed by atoms with Gasteiger partial charge in [-0.3, -0.25) is 9.59 Å². The number of nitrogens with zero attached hydrogens (tertiary/aromatic N) is 3. The Morgan fingerprint density at radius 3 is 2.57 bits per heavy atom. The van der Waals surface area contributed by atoms with Gasteiger partial charge in [0, 0.05) is 18.7 Å². The molecule has 2 N–H and O–H groups in total. The average molecular weight is 492 g/mol. The van der Waals surface area contributed by atoms with Crippen molar-refractivity contribution in [3.05, 3.63) is 89.8 Å². The van der Waals surface area contributed by atoms with Gasteiger partial charge < -0.3 is 15.2 Å². The number of aromatic nitrogens is 3. The minimum Gasteiger partial charge on any atom is -0.355 e. The van der Waals surface area contributed by atoms with Gasteiger partial charge in [0.15, 0.2) is 11.0 Å². The van der Waals surface area contributed by atoms with Gasteiger partial charge >= 0.3 is 0 Å². The molecule has 1 aromatic heterocycles. The maximum Gasteiger partial charge on any atom is 0.251 e. The fraction of sp³-hybridized carbons (Fsp3) is 0.333. The second-order valence-corrected chi connectivity index (χ2v) is 9.62. The first-order chi connectivity index (χ1) is 16.9. The zero-order valence-electron chi connectivity index (χ0n) is 20.5. The molecule has 0 saturated carbocycles. The van der Waals surface area contributed by atoms with Gasteiger partial charge in [0.2, 0.25) is 5.91 Å². The number of amides is 2. The molecule has 1 atom stereocenters. The molecule has 35 heavy (non-hydrogen) atoms. The molecule has 0 spiro atoms. The van der Waals surface area contributed by atoms with Gasteiger partial charge in [0.05, 0.1) is 11.8 Å². The first-order valence-electron chi connectivity index (χ1n) is 11.7. The van der Waals surface area contributed by atoms with Crippen molar-refractivity contribution in [1.29, 1.82) is 0 Å². The standard InChI is InChI=1S/C27H33N5O2S/c1-5-16-32-25(24(19(2)3)29-26(34)22-13-9-10-20(4)17-22)30-31-27(32)35-18-23(33)28-15-14-21-11-7-6-8-12-21/h5-13,17,19,24H,1,14-16,18H2,2-4H3,(H,28,33)(H,29,34)/t24-/m0/s1. The van der Waals surface area contributed by atoms with Crippen LogP contribution in [0.2, 0.25) is 0 Å². The Bertz CT molecular complexity index is 1140. The summed E-state index contributed by atoms with van der Waals surface area (Å²) in [4.78, 5) is 25.3. The molecular weight excluding hydrogens is 458 g/mol. The molecule has 0 aliphatic carbocycles. The van der Waals surface area contributed by atoms with Gasteiger partial charge in [-0.25, -0.2) is 0 Å². The van der Waals surface area contributed by atoms with E-state index in [2.05, 4.69) is 27.4 Å². The second kappa shape index (κ2) is 12.9. The topological polar surface area (TPSA) is 88.9 Å². The number of carbonyl (C=O) groups is 2. The lowest BCUT2D eigenvalue weighted by Crippen LogP contribution is -2.34. The van der Waals surface area contributed by atoms with Gasteiger partial charge in [-0.2, -0.15) is 0 Å². The normalized spacial score (nSPS) is 11.8. The van der Waals surface area contributed by atoms with E-state index in [4.69, 9.17) is 0 Å². The molecule has 1 heterocycles. The highest BCUT2D eigenvalue weighted by atomic mass is 32.2. The molecular formula is C27H33N5O2S. The molecule has 3 aromatic rings. The maximum absolute atomic E-state index is 12.9. The van der Waals surface area contributed by atoms with Gasteiger partial charge in [-0.1, -0.05) is 79.7 Å². The Labute approximate surface area is 211 Å². The first-order valence-corrected chi connectivity index (χ1v) is 12.7. The second-order valence-electron chi connectivity index (χ2n) is 8.68. The van der Waals surface area contributed by atoms with Gasteiger partial charge in [0.1, 0.15) is 0 Å². The molecule has 2 aromatic carbocycles. The number of carbonyl (C=O) groups excluding carboxylic acids is 2. The summed E-state index contributed by atoms with van der Waals surface area (Å²) in [5.74, 6) is 0.733. The third kappa shape index (κ3) is 7.55. The summed E-state index contributed by atoms with van der Waals surface area (Å²) in [6, 6.07) is 17.2. The van der Waals surface area contributed by atoms with E-state index >= 15 is 0 Å². The van der Waals surface area contributed by atoms with Crippen LogP contribution >= 0.6 is 11.8 Å². The van der Waals surface area contributed by atoms with E-state index in [9.17, 15) is 9.59 Å². The number of allylic oxidation sites excluding steroid dienone is 1. The third-order valence-corrected chi connectivity index (χ3v) is 6.45. The predicted molar refractivity (Wildman–Crippen MR) is 140 cm³/mol. The maximum atomic E-state index is 12.9. The molecule has 0 bridgehead atoms. The fourth-order valence-corrected chi connectivity index (χ4v) is 4.43. The van der Waals surface area contributed by atoms with E-state index in [1.807, 2.05) is 73.9 Å². The Kier molecular flexibility index (Phi) is 9.66. The van der Waals surface area contributed by atoms with E-state index in [0.717, 1.165) is 12.0 Å². The van der Waals surface area contributed by atoms with Crippen molar-refractivity contribution in [1.82, 2.24) is 25.4 Å². The van der Waals surface area contributed by atoms with Gasteiger partial charge in [-0.15, -0.1) is 16.8 Å². The molecule has 8 heteroatoms. The van der Waals surface area contributed by atoms with Crippen LogP contribution in [-0.4, -0.2) is 38.9 Å². The summed E-state index contributed by atoms with van der Waals surface area (Å²) in [5, 5.41) is 15.4. The lowest BCUT2D eigenvalue weighted by molar-refractivity contribution is -0.118. The third-order valence-electron chi connectivity index (χ3n) is 5.48. The van der Waals surface area contributed by atoms with Crippen LogP contribution in [0.15, 0.2) is 72.4 Å². The van der Waals surface area contributed by atoms with Crippen molar-refractivity contribution >= 4 is 23.6 Å². The van der Waals surface area contributed by atoms with Crippen LogP contribution in [0.3, 0.4) is 0 Å². The minimum absolute atomic E-state index is 0.0613. The van der Waals surface area contributed by atoms with Crippen molar-refractivity contribution < 1.29 is 9.59 Å². The number of rotatable bonds is 12. The van der Waals surface area contributed by atoms with Gasteiger partial charge in [-0.05, 0) is 37.0 Å². The van der Waals surface area contributed by atoms with Crippen LogP contribution < -0.4 is 10.6 Å². The van der Waals surface area contributed by atoms with Gasteiger partial charge in [0.25, 0.3) is 5.91 Å². The van der Waals surface area contributed by atoms with E-state index < -0.39 is 0 Å². The van der Waals surface area contributed by atoms with E-state index in [1.165, 1.54) is 17.3 Å². The Balaban J connectivity index is 1.65. The van der Waals surface area contributed by atoms with Crippen molar-refractivity contribution in [2.75, 3.05) is 12.3 Å². The fourth-order valence-electron chi connectivity index (χ4n) is 3.65. The summed E-state index contributed by atoms with van der Waals surface area (Å²) in [6.07, 6.45) is 2.54. The minimum atomic E-state index is -0.343. The van der Waals surface area contributed by atoms with Crippen LogP contribution in [0.5, 0.6) is 0 Å². The summed E-state index contributed by atoms with van der Waals surface area (Å²) < 4.78 is 1.91. The van der Waals surface area contributed by atoms with E-state index in [0.29, 0.717) is 29.6 Å². The number of hydrogen-bond donors (Lipinski definition) is 2. The molecule has 184 valence electrons. The summed E-state index contributed by atoms with van der Waals surface area (Å²) in [6.45, 7) is 10.9. The Morgan fingerprint density at radius 1 is 1.11 bits per heavy atom. The van der Waals surface area contributed by atoms with Crippen LogP contribution in [0.4, 0.5) is 0 Å². The lowest BCUT2D eigenvalue weighted by Gasteiger charge is -2.22. The Morgan fingerprint density at radius 2 is 1.89 bits per heavy atom. The number of hydrogen-bond acceptors (Lipinski definition) is 5. The highest BCUT2D eigenvalue weighted by Gasteiger charge is 2.26. The first kappa shape index (κ1) is 26.2. The SMILES string of the molecule is C=CCn1c(SCC(=O)NCCc2ccccc2)nnc1[C@@H](NC(=O)c1cccc(C)c1)C(C)C. The van der Waals surface area contributed by atoms with Crippen LogP contribution in [0, 0.1) is 12.8 Å². The molecule has 0 saturated heterocycles. The van der Waals surface area contributed by atoms with Crippen molar-refractivity contribution in [3.8, 4) is 0 Å². The summed E-state index contributed by atoms with van der Waals surface area (Å²) >= 11 is 1.33. The zero-order chi connectivity index (χ0) is 25.2. The number of benzene rings is 2. The molecule has 0 unspecified atom stereocenters. The number of nitrogens with one attached hydrogen (secondary N) is 2. The van der Waals surface area contributed by atoms with Crippen molar-refractivity contribution in [2.45, 2.75) is 44.9 Å².